The Morgan fingerprint density at radius 2 is 1.96 bits per heavy atom. The van der Waals surface area contributed by atoms with Gasteiger partial charge in [0.15, 0.2) is 4.34 Å². The molecule has 0 unspecified atom stereocenters. The van der Waals surface area contributed by atoms with Crippen molar-refractivity contribution in [1.82, 2.24) is 10.2 Å². The van der Waals surface area contributed by atoms with Gasteiger partial charge in [-0.3, -0.25) is 14.9 Å². The molecule has 0 saturated carbocycles. The van der Waals surface area contributed by atoms with E-state index in [0.717, 1.165) is 0 Å². The molecule has 0 bridgehead atoms. The van der Waals surface area contributed by atoms with Crippen LogP contribution < -0.4 is 11.1 Å². The van der Waals surface area contributed by atoms with E-state index in [2.05, 4.69) is 15.5 Å². The van der Waals surface area contributed by atoms with Crippen LogP contribution in [0.15, 0.2) is 4.34 Å². The van der Waals surface area contributed by atoms with Gasteiger partial charge in [0.2, 0.25) is 11.0 Å². The molecule has 0 aromatic carbocycles. The van der Waals surface area contributed by atoms with Gasteiger partial charge in [-0.1, -0.05) is 36.9 Å². The number of esters is 1. The molecular weight excluding hydrogens is 360 g/mol. The maximum absolute atomic E-state index is 12.4. The number of hydrogen-bond donors (Lipinski definition) is 2. The molecular formula is C13H23ClN4O3S2. The summed E-state index contributed by atoms with van der Waals surface area (Å²) >= 11 is 2.46. The Hall–Kier alpha value is -0.900. The van der Waals surface area contributed by atoms with Crippen molar-refractivity contribution >= 4 is 52.5 Å². The fraction of sp³-hybridized carbons (Fsp3) is 0.692. The summed E-state index contributed by atoms with van der Waals surface area (Å²) in [7, 11) is 0. The molecule has 0 spiro atoms. The van der Waals surface area contributed by atoms with Crippen molar-refractivity contribution in [2.24, 2.45) is 11.1 Å². The molecule has 0 atom stereocenters. The molecule has 3 N–H and O–H groups in total. The zero-order valence-electron chi connectivity index (χ0n) is 13.5. The Balaban J connectivity index is 0.00000484. The van der Waals surface area contributed by atoms with Crippen molar-refractivity contribution in [1.29, 1.82) is 0 Å². The Kier molecular flexibility index (Phi) is 10.4. The van der Waals surface area contributed by atoms with Crippen LogP contribution in [-0.2, 0) is 14.3 Å². The van der Waals surface area contributed by atoms with Crippen LogP contribution in [0.3, 0.4) is 0 Å². The Labute approximate surface area is 150 Å². The highest BCUT2D eigenvalue weighted by Gasteiger charge is 2.33. The van der Waals surface area contributed by atoms with E-state index >= 15 is 0 Å². The maximum Gasteiger partial charge on any atom is 0.316 e. The molecule has 1 heterocycles. The molecule has 0 aliphatic heterocycles. The van der Waals surface area contributed by atoms with E-state index in [1.54, 1.807) is 6.92 Å². The van der Waals surface area contributed by atoms with Gasteiger partial charge < -0.3 is 10.5 Å². The molecule has 0 aliphatic carbocycles. The molecule has 7 nitrogen and oxygen atoms in total. The lowest BCUT2D eigenvalue weighted by molar-refractivity contribution is -0.139. The first-order valence-corrected chi connectivity index (χ1v) is 8.95. The monoisotopic (exact) mass is 382 g/mol. The van der Waals surface area contributed by atoms with Crippen LogP contribution in [0.5, 0.6) is 0 Å². The summed E-state index contributed by atoms with van der Waals surface area (Å²) in [6.45, 7) is 6.28. The van der Waals surface area contributed by atoms with E-state index < -0.39 is 5.41 Å². The number of aromatic nitrogens is 2. The average molecular weight is 383 g/mol. The predicted molar refractivity (Wildman–Crippen MR) is 95.2 cm³/mol. The summed E-state index contributed by atoms with van der Waals surface area (Å²) < 4.78 is 5.44. The van der Waals surface area contributed by atoms with Gasteiger partial charge in [0, 0.05) is 6.54 Å². The largest absolute Gasteiger partial charge is 0.465 e. The van der Waals surface area contributed by atoms with Gasteiger partial charge in [-0.25, -0.2) is 0 Å². The van der Waals surface area contributed by atoms with Crippen LogP contribution in [0, 0.1) is 5.41 Å². The first-order chi connectivity index (χ1) is 10.5. The van der Waals surface area contributed by atoms with E-state index in [1.165, 1.54) is 23.1 Å². The molecule has 10 heteroatoms. The maximum atomic E-state index is 12.4. The lowest BCUT2D eigenvalue weighted by Gasteiger charge is -2.27. The first-order valence-electron chi connectivity index (χ1n) is 7.14. The van der Waals surface area contributed by atoms with Crippen molar-refractivity contribution in [2.75, 3.05) is 24.2 Å². The standard InChI is InChI=1S/C13H22N4O3S2.ClH/c1-4-13(5-2,8-14)10(19)15-11-16-17-12(22-11)21-7-9(18)20-6-3;/h4-8,14H2,1-3H3,(H,15,16,19);1H. The van der Waals surface area contributed by atoms with E-state index in [1.807, 2.05) is 13.8 Å². The van der Waals surface area contributed by atoms with E-state index in [9.17, 15) is 9.59 Å². The number of rotatable bonds is 9. The highest BCUT2D eigenvalue weighted by Crippen LogP contribution is 2.30. The molecule has 23 heavy (non-hydrogen) atoms. The van der Waals surface area contributed by atoms with Crippen molar-refractivity contribution < 1.29 is 14.3 Å². The predicted octanol–water partition coefficient (Wildman–Crippen LogP) is 2.32. The molecule has 0 saturated heterocycles. The summed E-state index contributed by atoms with van der Waals surface area (Å²) in [4.78, 5) is 23.6. The van der Waals surface area contributed by atoms with E-state index in [4.69, 9.17) is 10.5 Å². The number of ether oxygens (including phenoxy) is 1. The number of carbonyl (C=O) groups is 2. The van der Waals surface area contributed by atoms with Crippen molar-refractivity contribution in [3.63, 3.8) is 0 Å². The Morgan fingerprint density at radius 1 is 1.30 bits per heavy atom. The van der Waals surface area contributed by atoms with Gasteiger partial charge in [-0.05, 0) is 19.8 Å². The van der Waals surface area contributed by atoms with Crippen LogP contribution in [0.2, 0.25) is 0 Å². The van der Waals surface area contributed by atoms with Gasteiger partial charge in [-0.15, -0.1) is 22.6 Å². The normalized spacial score (nSPS) is 10.8. The lowest BCUT2D eigenvalue weighted by Crippen LogP contribution is -2.41. The highest BCUT2D eigenvalue weighted by atomic mass is 35.5. The summed E-state index contributed by atoms with van der Waals surface area (Å²) in [6, 6.07) is 0. The summed E-state index contributed by atoms with van der Waals surface area (Å²) in [5.74, 6) is -0.266. The molecule has 0 aliphatic rings. The second kappa shape index (κ2) is 10.8. The third-order valence-electron chi connectivity index (χ3n) is 3.47. The Bertz CT molecular complexity index is 501. The molecule has 1 aromatic rings. The number of nitrogens with two attached hydrogens (primary N) is 1. The van der Waals surface area contributed by atoms with Gasteiger partial charge >= 0.3 is 5.97 Å². The molecule has 1 aromatic heterocycles. The fourth-order valence-corrected chi connectivity index (χ4v) is 3.37. The number of nitrogens with zero attached hydrogens (tertiary/aromatic N) is 2. The number of hydrogen-bond acceptors (Lipinski definition) is 8. The number of amides is 1. The van der Waals surface area contributed by atoms with Crippen LogP contribution in [-0.4, -0.2) is 41.0 Å². The number of anilines is 1. The molecule has 1 amide bonds. The first kappa shape index (κ1) is 22.1. The van der Waals surface area contributed by atoms with Gasteiger partial charge in [0.05, 0.1) is 17.8 Å². The van der Waals surface area contributed by atoms with Gasteiger partial charge in [-0.2, -0.15) is 0 Å². The second-order valence-electron chi connectivity index (χ2n) is 4.61. The summed E-state index contributed by atoms with van der Waals surface area (Å²) in [5.41, 5.74) is 5.17. The topological polar surface area (TPSA) is 107 Å². The summed E-state index contributed by atoms with van der Waals surface area (Å²) in [6.07, 6.45) is 1.32. The van der Waals surface area contributed by atoms with E-state index in [0.29, 0.717) is 28.9 Å². The number of nitrogens with one attached hydrogen (secondary N) is 1. The highest BCUT2D eigenvalue weighted by molar-refractivity contribution is 8.01. The van der Waals surface area contributed by atoms with Crippen LogP contribution >= 0.6 is 35.5 Å². The van der Waals surface area contributed by atoms with E-state index in [-0.39, 0.29) is 36.6 Å². The van der Waals surface area contributed by atoms with Crippen LogP contribution in [0.4, 0.5) is 5.13 Å². The van der Waals surface area contributed by atoms with Crippen LogP contribution in [0.1, 0.15) is 33.6 Å². The molecule has 1 rings (SSSR count). The number of halogens is 1. The van der Waals surface area contributed by atoms with Crippen molar-refractivity contribution in [3.05, 3.63) is 0 Å². The zero-order chi connectivity index (χ0) is 16.6. The zero-order valence-corrected chi connectivity index (χ0v) is 15.9. The Morgan fingerprint density at radius 3 is 2.48 bits per heavy atom. The van der Waals surface area contributed by atoms with Crippen molar-refractivity contribution in [2.45, 2.75) is 38.0 Å². The molecule has 0 radical (unpaired) electrons. The lowest BCUT2D eigenvalue weighted by atomic mass is 9.81. The molecule has 0 fully saturated rings. The smallest absolute Gasteiger partial charge is 0.316 e. The minimum atomic E-state index is -0.579. The fourth-order valence-electron chi connectivity index (χ4n) is 1.82. The summed E-state index contributed by atoms with van der Waals surface area (Å²) in [5, 5.41) is 11.0. The quantitative estimate of drug-likeness (QED) is 0.383. The second-order valence-corrected chi connectivity index (χ2v) is 6.81. The SMILES string of the molecule is CCOC(=O)CSc1nnc(NC(=O)C(CC)(CC)CN)s1.Cl. The third-order valence-corrected chi connectivity index (χ3v) is 5.42. The van der Waals surface area contributed by atoms with Gasteiger partial charge in [0.1, 0.15) is 0 Å². The van der Waals surface area contributed by atoms with Crippen LogP contribution in [0.25, 0.3) is 0 Å². The minimum Gasteiger partial charge on any atom is -0.465 e. The van der Waals surface area contributed by atoms with Crippen molar-refractivity contribution in [3.8, 4) is 0 Å². The number of thioether (sulfide) groups is 1. The average Bonchev–Trinajstić information content (AvgIpc) is 2.95. The van der Waals surface area contributed by atoms with Gasteiger partial charge in [0.25, 0.3) is 0 Å². The molecule has 132 valence electrons. The minimum absolute atomic E-state index is 0. The number of carbonyl (C=O) groups excluding carboxylic acids is 2. The third kappa shape index (κ3) is 6.25.